The summed E-state index contributed by atoms with van der Waals surface area (Å²) in [6.45, 7) is 0. The van der Waals surface area contributed by atoms with Crippen molar-refractivity contribution in [2.75, 3.05) is 5.73 Å². The van der Waals surface area contributed by atoms with Gasteiger partial charge < -0.3 is 15.4 Å². The van der Waals surface area contributed by atoms with Crippen LogP contribution in [0.3, 0.4) is 0 Å². The summed E-state index contributed by atoms with van der Waals surface area (Å²) in [7, 11) is 1.75. The van der Waals surface area contributed by atoms with Crippen LogP contribution in [0, 0.1) is 0 Å². The highest BCUT2D eigenvalue weighted by Crippen LogP contribution is 2.15. The molecule has 5 nitrogen and oxygen atoms in total. The Labute approximate surface area is 115 Å². The minimum atomic E-state index is -1.03. The van der Waals surface area contributed by atoms with E-state index < -0.39 is 5.97 Å². The van der Waals surface area contributed by atoms with E-state index in [4.69, 9.17) is 10.8 Å². The molecule has 0 aliphatic rings. The summed E-state index contributed by atoms with van der Waals surface area (Å²) in [5, 5.41) is 8.61. The number of aliphatic carboxylic acids is 1. The summed E-state index contributed by atoms with van der Waals surface area (Å²) in [5.41, 5.74) is 7.87. The van der Waals surface area contributed by atoms with E-state index in [0.29, 0.717) is 22.5 Å². The maximum absolute atomic E-state index is 12.3. The molecule has 0 bridgehead atoms. The number of carbonyl (C=O) groups excluding carboxylic acids is 1. The van der Waals surface area contributed by atoms with Crippen molar-refractivity contribution in [3.63, 3.8) is 0 Å². The fraction of sp³-hybridized carbons (Fsp3) is 0.0667. The van der Waals surface area contributed by atoms with Crippen LogP contribution in [0.5, 0.6) is 0 Å². The average Bonchev–Trinajstić information content (AvgIpc) is 2.78. The van der Waals surface area contributed by atoms with Gasteiger partial charge >= 0.3 is 5.97 Å². The first-order chi connectivity index (χ1) is 9.47. The molecular formula is C15H14N2O3. The lowest BCUT2D eigenvalue weighted by molar-refractivity contribution is -0.131. The normalized spacial score (nSPS) is 10.8. The number of anilines is 1. The molecule has 5 heteroatoms. The van der Waals surface area contributed by atoms with Gasteiger partial charge in [-0.25, -0.2) is 4.79 Å². The van der Waals surface area contributed by atoms with Crippen molar-refractivity contribution in [1.29, 1.82) is 0 Å². The summed E-state index contributed by atoms with van der Waals surface area (Å²) < 4.78 is 1.70. The monoisotopic (exact) mass is 270 g/mol. The van der Waals surface area contributed by atoms with Crippen LogP contribution in [0.25, 0.3) is 6.08 Å². The standard InChI is InChI=1S/C15H14N2O3/c1-17-9-11(8-13(17)6-7-14(18)19)15(20)10-2-4-12(16)5-3-10/h2-9H,16H2,1H3,(H,18,19)/b7-6+. The molecule has 20 heavy (non-hydrogen) atoms. The second kappa shape index (κ2) is 5.44. The Morgan fingerprint density at radius 1 is 1.20 bits per heavy atom. The second-order valence-electron chi connectivity index (χ2n) is 4.39. The van der Waals surface area contributed by atoms with Crippen molar-refractivity contribution in [2.45, 2.75) is 0 Å². The van der Waals surface area contributed by atoms with E-state index in [2.05, 4.69) is 0 Å². The van der Waals surface area contributed by atoms with Gasteiger partial charge in [0, 0.05) is 41.8 Å². The van der Waals surface area contributed by atoms with Crippen molar-refractivity contribution in [2.24, 2.45) is 7.05 Å². The van der Waals surface area contributed by atoms with Crippen LogP contribution in [0.4, 0.5) is 5.69 Å². The van der Waals surface area contributed by atoms with Gasteiger partial charge in [-0.2, -0.15) is 0 Å². The van der Waals surface area contributed by atoms with Gasteiger partial charge in [-0.1, -0.05) is 0 Å². The van der Waals surface area contributed by atoms with Gasteiger partial charge in [-0.3, -0.25) is 4.79 Å². The summed E-state index contributed by atoms with van der Waals surface area (Å²) in [4.78, 5) is 22.8. The summed E-state index contributed by atoms with van der Waals surface area (Å²) >= 11 is 0. The van der Waals surface area contributed by atoms with Crippen LogP contribution in [0.15, 0.2) is 42.6 Å². The highest BCUT2D eigenvalue weighted by atomic mass is 16.4. The zero-order valence-corrected chi connectivity index (χ0v) is 10.9. The molecule has 0 unspecified atom stereocenters. The number of hydrogen-bond acceptors (Lipinski definition) is 3. The van der Waals surface area contributed by atoms with Gasteiger partial charge in [-0.05, 0) is 36.4 Å². The number of carbonyl (C=O) groups is 2. The Kier molecular flexibility index (Phi) is 3.70. The van der Waals surface area contributed by atoms with E-state index >= 15 is 0 Å². The van der Waals surface area contributed by atoms with Crippen LogP contribution >= 0.6 is 0 Å². The van der Waals surface area contributed by atoms with Crippen LogP contribution < -0.4 is 5.73 Å². The van der Waals surface area contributed by atoms with E-state index in [1.165, 1.54) is 6.08 Å². The Morgan fingerprint density at radius 3 is 2.45 bits per heavy atom. The number of nitrogens with two attached hydrogens (primary N) is 1. The van der Waals surface area contributed by atoms with E-state index in [9.17, 15) is 9.59 Å². The van der Waals surface area contributed by atoms with Crippen LogP contribution in [0.2, 0.25) is 0 Å². The molecule has 0 aliphatic carbocycles. The number of nitrogen functional groups attached to an aromatic ring is 1. The molecule has 1 aromatic carbocycles. The molecular weight excluding hydrogens is 256 g/mol. The lowest BCUT2D eigenvalue weighted by Gasteiger charge is -1.98. The molecule has 0 saturated heterocycles. The highest BCUT2D eigenvalue weighted by molar-refractivity contribution is 6.09. The average molecular weight is 270 g/mol. The second-order valence-corrected chi connectivity index (χ2v) is 4.39. The third-order valence-electron chi connectivity index (χ3n) is 2.88. The maximum atomic E-state index is 12.3. The zero-order chi connectivity index (χ0) is 14.7. The van der Waals surface area contributed by atoms with Crippen LogP contribution in [-0.2, 0) is 11.8 Å². The van der Waals surface area contributed by atoms with Crippen LogP contribution in [-0.4, -0.2) is 21.4 Å². The molecule has 0 atom stereocenters. The van der Waals surface area contributed by atoms with Gasteiger partial charge in [-0.15, -0.1) is 0 Å². The molecule has 0 radical (unpaired) electrons. The molecule has 3 N–H and O–H groups in total. The van der Waals surface area contributed by atoms with Gasteiger partial charge in [0.1, 0.15) is 0 Å². The number of aromatic nitrogens is 1. The third-order valence-corrected chi connectivity index (χ3v) is 2.88. The van der Waals surface area contributed by atoms with Gasteiger partial charge in [0.25, 0.3) is 0 Å². The molecule has 0 saturated carbocycles. The minimum Gasteiger partial charge on any atom is -0.478 e. The van der Waals surface area contributed by atoms with Gasteiger partial charge in [0.15, 0.2) is 5.78 Å². The predicted octanol–water partition coefficient (Wildman–Crippen LogP) is 1.94. The molecule has 102 valence electrons. The summed E-state index contributed by atoms with van der Waals surface area (Å²) in [6.07, 6.45) is 4.15. The van der Waals surface area contributed by atoms with Gasteiger partial charge in [0.2, 0.25) is 0 Å². The number of rotatable bonds is 4. The number of carboxylic acid groups (broad SMARTS) is 1. The topological polar surface area (TPSA) is 85.3 Å². The van der Waals surface area contributed by atoms with E-state index in [1.807, 2.05) is 0 Å². The first-order valence-corrected chi connectivity index (χ1v) is 5.95. The summed E-state index contributed by atoms with van der Waals surface area (Å²) in [5.74, 6) is -1.16. The fourth-order valence-corrected chi connectivity index (χ4v) is 1.83. The van der Waals surface area contributed by atoms with E-state index in [-0.39, 0.29) is 5.78 Å². The molecule has 0 aliphatic heterocycles. The fourth-order valence-electron chi connectivity index (χ4n) is 1.83. The van der Waals surface area contributed by atoms with Crippen molar-refractivity contribution in [3.8, 4) is 0 Å². The first kappa shape index (κ1) is 13.6. The Morgan fingerprint density at radius 2 is 1.85 bits per heavy atom. The lowest BCUT2D eigenvalue weighted by Crippen LogP contribution is -2.00. The molecule has 0 spiro atoms. The number of benzene rings is 1. The van der Waals surface area contributed by atoms with Crippen molar-refractivity contribution in [1.82, 2.24) is 4.57 Å². The van der Waals surface area contributed by atoms with Crippen molar-refractivity contribution >= 4 is 23.5 Å². The highest BCUT2D eigenvalue weighted by Gasteiger charge is 2.12. The predicted molar refractivity (Wildman–Crippen MR) is 76.4 cm³/mol. The van der Waals surface area contributed by atoms with E-state index in [1.54, 1.807) is 48.1 Å². The van der Waals surface area contributed by atoms with Crippen molar-refractivity contribution in [3.05, 3.63) is 59.4 Å². The number of hydrogen-bond donors (Lipinski definition) is 2. The minimum absolute atomic E-state index is 0.129. The Balaban J connectivity index is 2.29. The molecule has 1 heterocycles. The lowest BCUT2D eigenvalue weighted by atomic mass is 10.1. The molecule has 2 aromatic rings. The molecule has 0 fully saturated rings. The van der Waals surface area contributed by atoms with Crippen LogP contribution in [0.1, 0.15) is 21.6 Å². The number of ketones is 1. The SMILES string of the molecule is Cn1cc(C(=O)c2ccc(N)cc2)cc1/C=C/C(=O)O. The Hall–Kier alpha value is -2.82. The zero-order valence-electron chi connectivity index (χ0n) is 10.9. The molecule has 2 rings (SSSR count). The smallest absolute Gasteiger partial charge is 0.328 e. The van der Waals surface area contributed by atoms with Crippen molar-refractivity contribution < 1.29 is 14.7 Å². The number of nitrogens with zero attached hydrogens (tertiary/aromatic N) is 1. The molecule has 0 amide bonds. The summed E-state index contributed by atoms with van der Waals surface area (Å²) in [6, 6.07) is 8.32. The quantitative estimate of drug-likeness (QED) is 0.505. The largest absolute Gasteiger partial charge is 0.478 e. The molecule has 1 aromatic heterocycles. The Bertz CT molecular complexity index is 682. The number of aryl methyl sites for hydroxylation is 1. The van der Waals surface area contributed by atoms with Gasteiger partial charge in [0.05, 0.1) is 0 Å². The van der Waals surface area contributed by atoms with E-state index in [0.717, 1.165) is 6.08 Å². The number of carboxylic acids is 1. The first-order valence-electron chi connectivity index (χ1n) is 5.95. The third kappa shape index (κ3) is 2.95. The maximum Gasteiger partial charge on any atom is 0.328 e.